The van der Waals surface area contributed by atoms with E-state index in [2.05, 4.69) is 0 Å². The molecule has 2 heterocycles. The van der Waals surface area contributed by atoms with Crippen LogP contribution in [-0.4, -0.2) is 42.5 Å². The number of methoxy groups -OCH3 is 1. The van der Waals surface area contributed by atoms with Crippen LogP contribution in [0.5, 0.6) is 11.5 Å². The van der Waals surface area contributed by atoms with Gasteiger partial charge in [-0.05, 0) is 29.8 Å². The minimum Gasteiger partial charge on any atom is -0.497 e. The maximum atomic E-state index is 13.4. The lowest BCUT2D eigenvalue weighted by molar-refractivity contribution is -0.135. The van der Waals surface area contributed by atoms with Crippen molar-refractivity contribution in [2.24, 2.45) is 0 Å². The Labute approximate surface area is 158 Å². The van der Waals surface area contributed by atoms with Gasteiger partial charge < -0.3 is 19.3 Å². The van der Waals surface area contributed by atoms with E-state index in [0.717, 1.165) is 17.0 Å². The molecule has 1 saturated heterocycles. The second kappa shape index (κ2) is 6.95. The van der Waals surface area contributed by atoms with Crippen LogP contribution in [-0.2, 0) is 16.1 Å². The van der Waals surface area contributed by atoms with Crippen molar-refractivity contribution < 1.29 is 19.1 Å². The number of nitrogens with zero attached hydrogens (tertiary/aromatic N) is 2. The smallest absolute Gasteiger partial charge is 0.250 e. The van der Waals surface area contributed by atoms with E-state index in [1.54, 1.807) is 16.9 Å². The number of para-hydroxylation sites is 2. The second-order valence-corrected chi connectivity index (χ2v) is 6.90. The fourth-order valence-corrected chi connectivity index (χ4v) is 3.80. The highest BCUT2D eigenvalue weighted by atomic mass is 16.5. The van der Waals surface area contributed by atoms with E-state index in [1.165, 1.54) is 6.92 Å². The van der Waals surface area contributed by atoms with Crippen molar-refractivity contribution in [2.45, 2.75) is 32.0 Å². The number of carbonyl (C=O) groups excluding carboxylic acids is 2. The molecule has 0 saturated carbocycles. The van der Waals surface area contributed by atoms with Crippen LogP contribution in [0.1, 0.15) is 18.9 Å². The standard InChI is InChI=1S/C21H22N2O4/c1-14(24)22-13-17-11-19(22)21(25)23(18-5-3-4-6-20(18)27-17)12-15-7-9-16(26-2)10-8-15/h3-10,17,19H,11-13H2,1-2H3/t17-,19-/m0/s1. The Morgan fingerprint density at radius 3 is 2.63 bits per heavy atom. The number of fused-ring (bicyclic) bond motifs is 3. The van der Waals surface area contributed by atoms with Gasteiger partial charge in [0.25, 0.3) is 0 Å². The Kier molecular flexibility index (Phi) is 4.48. The Morgan fingerprint density at radius 2 is 1.93 bits per heavy atom. The van der Waals surface area contributed by atoms with Gasteiger partial charge in [-0.2, -0.15) is 0 Å². The van der Waals surface area contributed by atoms with Crippen molar-refractivity contribution in [3.63, 3.8) is 0 Å². The maximum absolute atomic E-state index is 13.4. The molecule has 2 aliphatic heterocycles. The van der Waals surface area contributed by atoms with E-state index in [4.69, 9.17) is 9.47 Å². The van der Waals surface area contributed by atoms with Gasteiger partial charge in [0.2, 0.25) is 11.8 Å². The first-order valence-electron chi connectivity index (χ1n) is 9.04. The van der Waals surface area contributed by atoms with Gasteiger partial charge in [0.15, 0.2) is 0 Å². The van der Waals surface area contributed by atoms with Crippen molar-refractivity contribution >= 4 is 17.5 Å². The molecule has 2 aliphatic rings. The minimum absolute atomic E-state index is 0.0701. The van der Waals surface area contributed by atoms with Gasteiger partial charge in [-0.25, -0.2) is 0 Å². The Bertz CT molecular complexity index is 865. The zero-order chi connectivity index (χ0) is 19.0. The summed E-state index contributed by atoms with van der Waals surface area (Å²) in [5.74, 6) is 1.27. The first kappa shape index (κ1) is 17.4. The monoisotopic (exact) mass is 366 g/mol. The fraction of sp³-hybridized carbons (Fsp3) is 0.333. The van der Waals surface area contributed by atoms with E-state index in [9.17, 15) is 9.59 Å². The molecule has 4 rings (SSSR count). The van der Waals surface area contributed by atoms with Crippen LogP contribution in [0.15, 0.2) is 48.5 Å². The summed E-state index contributed by atoms with van der Waals surface area (Å²) in [7, 11) is 1.62. The molecule has 0 radical (unpaired) electrons. The zero-order valence-electron chi connectivity index (χ0n) is 15.4. The fourth-order valence-electron chi connectivity index (χ4n) is 3.80. The predicted octanol–water partition coefficient (Wildman–Crippen LogP) is 2.61. The lowest BCUT2D eigenvalue weighted by Gasteiger charge is -2.31. The first-order chi connectivity index (χ1) is 13.1. The molecule has 0 N–H and O–H groups in total. The Morgan fingerprint density at radius 1 is 1.19 bits per heavy atom. The van der Waals surface area contributed by atoms with Gasteiger partial charge in [-0.3, -0.25) is 9.59 Å². The van der Waals surface area contributed by atoms with Gasteiger partial charge in [0, 0.05) is 13.3 Å². The number of hydrogen-bond acceptors (Lipinski definition) is 4. The lowest BCUT2D eigenvalue weighted by Crippen LogP contribution is -2.47. The van der Waals surface area contributed by atoms with Crippen molar-refractivity contribution in [3.8, 4) is 11.5 Å². The molecule has 140 valence electrons. The van der Waals surface area contributed by atoms with Crippen LogP contribution in [0.3, 0.4) is 0 Å². The van der Waals surface area contributed by atoms with E-state index < -0.39 is 6.04 Å². The summed E-state index contributed by atoms with van der Waals surface area (Å²) in [5, 5.41) is 0. The number of carbonyl (C=O) groups is 2. The normalized spacial score (nSPS) is 21.2. The maximum Gasteiger partial charge on any atom is 0.250 e. The van der Waals surface area contributed by atoms with Gasteiger partial charge in [0.1, 0.15) is 23.6 Å². The third-order valence-corrected chi connectivity index (χ3v) is 5.17. The van der Waals surface area contributed by atoms with Crippen LogP contribution in [0.25, 0.3) is 0 Å². The molecule has 2 amide bonds. The topological polar surface area (TPSA) is 59.1 Å². The van der Waals surface area contributed by atoms with E-state index >= 15 is 0 Å². The Hall–Kier alpha value is -3.02. The number of ether oxygens (including phenoxy) is 2. The van der Waals surface area contributed by atoms with Crippen molar-refractivity contribution in [2.75, 3.05) is 18.6 Å². The van der Waals surface area contributed by atoms with E-state index in [0.29, 0.717) is 25.3 Å². The molecule has 2 atom stereocenters. The third-order valence-electron chi connectivity index (χ3n) is 5.17. The summed E-state index contributed by atoms with van der Waals surface area (Å²) in [6, 6.07) is 14.7. The highest BCUT2D eigenvalue weighted by Crippen LogP contribution is 2.37. The average molecular weight is 366 g/mol. The summed E-state index contributed by atoms with van der Waals surface area (Å²) >= 11 is 0. The molecule has 27 heavy (non-hydrogen) atoms. The molecular formula is C21H22N2O4. The van der Waals surface area contributed by atoms with Gasteiger partial charge in [0.05, 0.1) is 25.9 Å². The number of rotatable bonds is 3. The number of amides is 2. The number of hydrogen-bond donors (Lipinski definition) is 0. The van der Waals surface area contributed by atoms with Crippen LogP contribution in [0.2, 0.25) is 0 Å². The average Bonchev–Trinajstić information content (AvgIpc) is 3.11. The molecule has 2 aromatic rings. The summed E-state index contributed by atoms with van der Waals surface area (Å²) in [4.78, 5) is 28.8. The molecule has 6 nitrogen and oxygen atoms in total. The molecule has 0 unspecified atom stereocenters. The number of likely N-dealkylation sites (tertiary alicyclic amines) is 1. The predicted molar refractivity (Wildman–Crippen MR) is 101 cm³/mol. The van der Waals surface area contributed by atoms with Crippen molar-refractivity contribution in [1.82, 2.24) is 4.90 Å². The van der Waals surface area contributed by atoms with E-state index in [1.807, 2.05) is 48.5 Å². The largest absolute Gasteiger partial charge is 0.497 e. The first-order valence-corrected chi connectivity index (χ1v) is 9.04. The van der Waals surface area contributed by atoms with E-state index in [-0.39, 0.29) is 17.9 Å². The third kappa shape index (κ3) is 3.23. The number of anilines is 1. The summed E-state index contributed by atoms with van der Waals surface area (Å²) in [6.45, 7) is 2.34. The molecular weight excluding hydrogens is 344 g/mol. The minimum atomic E-state index is -0.487. The molecule has 1 fully saturated rings. The van der Waals surface area contributed by atoms with Crippen molar-refractivity contribution in [3.05, 3.63) is 54.1 Å². The zero-order valence-corrected chi connectivity index (χ0v) is 15.4. The SMILES string of the molecule is COc1ccc(CN2C(=O)[C@@H]3C[C@@H](CN3C(C)=O)Oc3ccccc32)cc1. The highest BCUT2D eigenvalue weighted by molar-refractivity contribution is 6.00. The van der Waals surface area contributed by atoms with Crippen LogP contribution in [0, 0.1) is 0 Å². The summed E-state index contributed by atoms with van der Waals surface area (Å²) < 4.78 is 11.4. The summed E-state index contributed by atoms with van der Waals surface area (Å²) in [6.07, 6.45) is 0.360. The Balaban J connectivity index is 1.72. The van der Waals surface area contributed by atoms with Crippen molar-refractivity contribution in [1.29, 1.82) is 0 Å². The molecule has 0 aliphatic carbocycles. The summed E-state index contributed by atoms with van der Waals surface area (Å²) in [5.41, 5.74) is 1.71. The molecule has 0 aromatic heterocycles. The lowest BCUT2D eigenvalue weighted by atomic mass is 10.1. The van der Waals surface area contributed by atoms with Crippen LogP contribution in [0.4, 0.5) is 5.69 Å². The van der Waals surface area contributed by atoms with Gasteiger partial charge >= 0.3 is 0 Å². The molecule has 2 aromatic carbocycles. The quantitative estimate of drug-likeness (QED) is 0.838. The number of benzene rings is 2. The second-order valence-electron chi connectivity index (χ2n) is 6.90. The van der Waals surface area contributed by atoms with Gasteiger partial charge in [-0.1, -0.05) is 24.3 Å². The molecule has 6 heteroatoms. The van der Waals surface area contributed by atoms with Gasteiger partial charge in [-0.15, -0.1) is 0 Å². The molecule has 0 spiro atoms. The van der Waals surface area contributed by atoms with Crippen LogP contribution >= 0.6 is 0 Å². The molecule has 2 bridgehead atoms. The van der Waals surface area contributed by atoms with Crippen LogP contribution < -0.4 is 14.4 Å². The highest BCUT2D eigenvalue weighted by Gasteiger charge is 2.43.